The molecule has 1 aromatic rings. The van der Waals surface area contributed by atoms with Crippen LogP contribution in [-0.2, 0) is 21.3 Å². The van der Waals surface area contributed by atoms with E-state index in [1.54, 1.807) is 7.11 Å². The zero-order chi connectivity index (χ0) is 21.1. The van der Waals surface area contributed by atoms with Gasteiger partial charge in [-0.3, -0.25) is 4.99 Å². The predicted octanol–water partition coefficient (Wildman–Crippen LogP) is 4.63. The average Bonchev–Trinajstić information content (AvgIpc) is 2.71. The third kappa shape index (κ3) is 9.52. The summed E-state index contributed by atoms with van der Waals surface area (Å²) in [5, 5.41) is 3.46. The molecule has 30 heavy (non-hydrogen) atoms. The van der Waals surface area contributed by atoms with Crippen LogP contribution in [0.1, 0.15) is 58.1 Å². The number of rotatable bonds is 9. The summed E-state index contributed by atoms with van der Waals surface area (Å²) in [6.45, 7) is 14.2. The van der Waals surface area contributed by atoms with Gasteiger partial charge < -0.3 is 19.7 Å². The number of halogens is 1. The van der Waals surface area contributed by atoms with Crippen LogP contribution in [0.5, 0.6) is 0 Å². The predicted molar refractivity (Wildman–Crippen MR) is 137 cm³/mol. The first-order chi connectivity index (χ1) is 13.9. The Labute approximate surface area is 201 Å². The summed E-state index contributed by atoms with van der Waals surface area (Å²) in [4.78, 5) is 7.27. The fraction of sp³-hybridized carbons (Fsp3) is 0.708. The van der Waals surface area contributed by atoms with Gasteiger partial charge in [0.15, 0.2) is 5.96 Å². The summed E-state index contributed by atoms with van der Waals surface area (Å²) in [5.74, 6) is 1.04. The summed E-state index contributed by atoms with van der Waals surface area (Å²) < 4.78 is 11.1. The third-order valence-corrected chi connectivity index (χ3v) is 5.40. The van der Waals surface area contributed by atoms with Crippen molar-refractivity contribution in [1.82, 2.24) is 10.2 Å². The zero-order valence-corrected chi connectivity index (χ0v) is 21.9. The Kier molecular flexibility index (Phi) is 12.9. The van der Waals surface area contributed by atoms with Gasteiger partial charge >= 0.3 is 0 Å². The third-order valence-electron chi connectivity index (χ3n) is 5.40. The quantitative estimate of drug-likeness (QED) is 0.219. The van der Waals surface area contributed by atoms with E-state index in [1.165, 1.54) is 11.1 Å². The number of benzene rings is 1. The maximum absolute atomic E-state index is 5.98. The van der Waals surface area contributed by atoms with Crippen LogP contribution in [0.2, 0.25) is 0 Å². The molecule has 0 aliphatic carbocycles. The summed E-state index contributed by atoms with van der Waals surface area (Å²) in [7, 11) is 1.74. The highest BCUT2D eigenvalue weighted by atomic mass is 127. The van der Waals surface area contributed by atoms with Crippen LogP contribution < -0.4 is 5.32 Å². The number of methoxy groups -OCH3 is 1. The highest BCUT2D eigenvalue weighted by molar-refractivity contribution is 14.0. The Morgan fingerprint density at radius 1 is 1.13 bits per heavy atom. The highest BCUT2D eigenvalue weighted by Gasteiger charge is 2.21. The number of nitrogens with one attached hydrogen (secondary N) is 1. The van der Waals surface area contributed by atoms with Gasteiger partial charge in [-0.25, -0.2) is 0 Å². The van der Waals surface area contributed by atoms with Crippen molar-refractivity contribution in [3.63, 3.8) is 0 Å². The van der Waals surface area contributed by atoms with Crippen molar-refractivity contribution in [2.75, 3.05) is 46.5 Å². The molecule has 0 amide bonds. The lowest BCUT2D eigenvalue weighted by Gasteiger charge is -2.34. The van der Waals surface area contributed by atoms with Crippen molar-refractivity contribution < 1.29 is 9.47 Å². The number of ether oxygens (including phenoxy) is 2. The van der Waals surface area contributed by atoms with Crippen molar-refractivity contribution in [3.8, 4) is 0 Å². The van der Waals surface area contributed by atoms with E-state index in [1.807, 2.05) is 0 Å². The van der Waals surface area contributed by atoms with Crippen molar-refractivity contribution in [2.45, 2.75) is 64.9 Å². The number of guanidine groups is 1. The molecule has 0 radical (unpaired) electrons. The molecule has 0 saturated carbocycles. The number of likely N-dealkylation sites (tertiary alicyclic amines) is 1. The summed E-state index contributed by atoms with van der Waals surface area (Å²) in [5.41, 5.74) is 2.93. The number of hydrogen-bond acceptors (Lipinski definition) is 3. The molecule has 172 valence electrons. The van der Waals surface area contributed by atoms with E-state index in [4.69, 9.17) is 14.5 Å². The van der Waals surface area contributed by atoms with E-state index in [0.29, 0.717) is 6.10 Å². The molecule has 6 heteroatoms. The molecule has 1 fully saturated rings. The molecular formula is C24H42IN3O2. The first-order valence-corrected chi connectivity index (χ1v) is 11.2. The second kappa shape index (κ2) is 14.2. The Hall–Kier alpha value is -0.860. The molecule has 0 unspecified atom stereocenters. The number of nitrogens with zero attached hydrogens (tertiary/aromatic N) is 2. The fourth-order valence-corrected chi connectivity index (χ4v) is 3.58. The lowest BCUT2D eigenvalue weighted by Crippen LogP contribution is -2.47. The van der Waals surface area contributed by atoms with E-state index >= 15 is 0 Å². The molecule has 1 heterocycles. The second-order valence-corrected chi connectivity index (χ2v) is 8.84. The molecule has 1 aromatic carbocycles. The summed E-state index contributed by atoms with van der Waals surface area (Å²) in [6, 6.07) is 8.99. The molecule has 1 aliphatic rings. The molecule has 2 rings (SSSR count). The van der Waals surface area contributed by atoms with Crippen LogP contribution in [0, 0.1) is 0 Å². The second-order valence-electron chi connectivity index (χ2n) is 8.84. The number of aliphatic imine (C=N–C) groups is 1. The Bertz CT molecular complexity index is 606. The zero-order valence-electron chi connectivity index (χ0n) is 19.6. The van der Waals surface area contributed by atoms with E-state index in [2.05, 4.69) is 62.2 Å². The van der Waals surface area contributed by atoms with Gasteiger partial charge in [0.25, 0.3) is 0 Å². The van der Waals surface area contributed by atoms with Crippen molar-refractivity contribution >= 4 is 29.9 Å². The minimum absolute atomic E-state index is 0. The first-order valence-electron chi connectivity index (χ1n) is 11.2. The molecule has 1 saturated heterocycles. The first kappa shape index (κ1) is 27.2. The van der Waals surface area contributed by atoms with Crippen molar-refractivity contribution in [3.05, 3.63) is 35.4 Å². The number of hydrogen-bond donors (Lipinski definition) is 1. The number of piperidine rings is 1. The summed E-state index contributed by atoms with van der Waals surface area (Å²) >= 11 is 0. The van der Waals surface area contributed by atoms with E-state index < -0.39 is 0 Å². The normalized spacial score (nSPS) is 15.8. The molecule has 5 nitrogen and oxygen atoms in total. The van der Waals surface area contributed by atoms with Gasteiger partial charge in [0.05, 0.1) is 6.10 Å². The van der Waals surface area contributed by atoms with Crippen LogP contribution in [0.15, 0.2) is 29.3 Å². The van der Waals surface area contributed by atoms with Crippen LogP contribution in [0.3, 0.4) is 0 Å². The van der Waals surface area contributed by atoms with Gasteiger partial charge in [0.2, 0.25) is 0 Å². The van der Waals surface area contributed by atoms with Crippen LogP contribution in [0.25, 0.3) is 0 Å². The lowest BCUT2D eigenvalue weighted by atomic mass is 9.86. The van der Waals surface area contributed by atoms with Crippen molar-refractivity contribution in [1.29, 1.82) is 0 Å². The monoisotopic (exact) mass is 531 g/mol. The van der Waals surface area contributed by atoms with Crippen LogP contribution >= 0.6 is 24.0 Å². The highest BCUT2D eigenvalue weighted by Crippen LogP contribution is 2.22. The van der Waals surface area contributed by atoms with Gasteiger partial charge in [-0.05, 0) is 49.1 Å². The van der Waals surface area contributed by atoms with E-state index in [9.17, 15) is 0 Å². The maximum Gasteiger partial charge on any atom is 0.193 e. The van der Waals surface area contributed by atoms with E-state index in [0.717, 1.165) is 71.0 Å². The topological polar surface area (TPSA) is 46.1 Å². The molecule has 0 spiro atoms. The fourth-order valence-electron chi connectivity index (χ4n) is 3.58. The molecule has 1 aliphatic heterocycles. The smallest absolute Gasteiger partial charge is 0.193 e. The van der Waals surface area contributed by atoms with Gasteiger partial charge in [-0.15, -0.1) is 24.0 Å². The molecule has 0 bridgehead atoms. The maximum atomic E-state index is 5.98. The van der Waals surface area contributed by atoms with Gasteiger partial charge in [-0.2, -0.15) is 0 Å². The van der Waals surface area contributed by atoms with Gasteiger partial charge in [0.1, 0.15) is 0 Å². The lowest BCUT2D eigenvalue weighted by molar-refractivity contribution is 0.00991. The standard InChI is InChI=1S/C24H41N3O2.HI/c1-6-25-23(27-16-13-22(14-17-27)29-19-7-18-28-5)26-15-12-20-8-10-21(11-9-20)24(2,3)4;/h8-11,22H,6-7,12-19H2,1-5H3,(H,25,26);1H. The van der Waals surface area contributed by atoms with Gasteiger partial charge in [0, 0.05) is 46.5 Å². The summed E-state index contributed by atoms with van der Waals surface area (Å²) in [6.07, 6.45) is 4.43. The minimum atomic E-state index is 0. The molecule has 0 aromatic heterocycles. The Morgan fingerprint density at radius 3 is 2.37 bits per heavy atom. The molecular weight excluding hydrogens is 489 g/mol. The van der Waals surface area contributed by atoms with E-state index in [-0.39, 0.29) is 29.4 Å². The average molecular weight is 532 g/mol. The molecule has 1 N–H and O–H groups in total. The SMILES string of the molecule is CCNC(=NCCc1ccc(C(C)(C)C)cc1)N1CCC(OCCCOC)CC1.I. The van der Waals surface area contributed by atoms with Crippen LogP contribution in [-0.4, -0.2) is 63.5 Å². The Morgan fingerprint density at radius 2 is 1.80 bits per heavy atom. The van der Waals surface area contributed by atoms with Crippen molar-refractivity contribution in [2.24, 2.45) is 4.99 Å². The largest absolute Gasteiger partial charge is 0.385 e. The minimum Gasteiger partial charge on any atom is -0.385 e. The molecule has 0 atom stereocenters. The Balaban J connectivity index is 0.00000450. The van der Waals surface area contributed by atoms with Crippen LogP contribution in [0.4, 0.5) is 0 Å². The van der Waals surface area contributed by atoms with Gasteiger partial charge in [-0.1, -0.05) is 45.0 Å².